The van der Waals surface area contributed by atoms with E-state index in [9.17, 15) is 9.18 Å². The Morgan fingerprint density at radius 1 is 1.10 bits per heavy atom. The lowest BCUT2D eigenvalue weighted by atomic mass is 10.1. The van der Waals surface area contributed by atoms with E-state index >= 15 is 0 Å². The third-order valence-corrected chi connectivity index (χ3v) is 4.26. The van der Waals surface area contributed by atoms with Gasteiger partial charge in [0.25, 0.3) is 0 Å². The van der Waals surface area contributed by atoms with E-state index in [1.807, 2.05) is 20.8 Å². The van der Waals surface area contributed by atoms with Crippen molar-refractivity contribution in [1.29, 1.82) is 0 Å². The van der Waals surface area contributed by atoms with Gasteiger partial charge < -0.3 is 4.74 Å². The van der Waals surface area contributed by atoms with E-state index in [4.69, 9.17) is 4.74 Å². The first-order valence-corrected chi connectivity index (χ1v) is 9.21. The Morgan fingerprint density at radius 2 is 1.67 bits per heavy atom. The van der Waals surface area contributed by atoms with Crippen molar-refractivity contribution >= 4 is 17.7 Å². The van der Waals surface area contributed by atoms with Crippen molar-refractivity contribution in [3.8, 4) is 0 Å². The van der Waals surface area contributed by atoms with Gasteiger partial charge in [-0.1, -0.05) is 33.1 Å². The van der Waals surface area contributed by atoms with Crippen molar-refractivity contribution < 1.29 is 13.9 Å². The first kappa shape index (κ1) is 20.8. The van der Waals surface area contributed by atoms with Gasteiger partial charge in [-0.3, -0.25) is 9.18 Å². The average molecular weight is 321 g/mol. The van der Waals surface area contributed by atoms with Crippen LogP contribution in [0.2, 0.25) is 0 Å². The Hall–Kier alpha value is -0.250. The van der Waals surface area contributed by atoms with E-state index in [0.717, 1.165) is 37.9 Å². The van der Waals surface area contributed by atoms with Crippen LogP contribution >= 0.6 is 11.8 Å². The average Bonchev–Trinajstić information content (AvgIpc) is 2.33. The molecule has 0 radical (unpaired) electrons. The zero-order valence-electron chi connectivity index (χ0n) is 14.4. The molecule has 1 unspecified atom stereocenters. The van der Waals surface area contributed by atoms with Crippen LogP contribution in [-0.4, -0.2) is 29.2 Å². The van der Waals surface area contributed by atoms with Crippen LogP contribution in [0.5, 0.6) is 0 Å². The first-order valence-electron chi connectivity index (χ1n) is 8.16. The minimum Gasteiger partial charge on any atom is -0.459 e. The molecule has 0 heterocycles. The highest BCUT2D eigenvalue weighted by atomic mass is 32.2. The van der Waals surface area contributed by atoms with Crippen LogP contribution in [0.4, 0.5) is 4.39 Å². The molecule has 0 saturated heterocycles. The fourth-order valence-electron chi connectivity index (χ4n) is 1.98. The predicted octanol–water partition coefficient (Wildman–Crippen LogP) is 5.40. The largest absolute Gasteiger partial charge is 0.459 e. The Morgan fingerprint density at radius 3 is 2.19 bits per heavy atom. The van der Waals surface area contributed by atoms with Crippen LogP contribution < -0.4 is 0 Å². The summed E-state index contributed by atoms with van der Waals surface area (Å²) in [4.78, 5) is 12.2. The van der Waals surface area contributed by atoms with Crippen molar-refractivity contribution in [2.24, 2.45) is 5.92 Å². The Kier molecular flexibility index (Phi) is 11.2. The molecule has 0 amide bonds. The number of carbonyl (C=O) groups excluding carboxylic acids is 1. The van der Waals surface area contributed by atoms with Crippen molar-refractivity contribution in [3.05, 3.63) is 0 Å². The van der Waals surface area contributed by atoms with Crippen LogP contribution in [0.25, 0.3) is 0 Å². The van der Waals surface area contributed by atoms with E-state index < -0.39 is 5.60 Å². The van der Waals surface area contributed by atoms with Gasteiger partial charge in [0.05, 0.1) is 6.67 Å². The molecule has 0 rings (SSSR count). The second kappa shape index (κ2) is 11.3. The maximum atomic E-state index is 12.2. The van der Waals surface area contributed by atoms with Gasteiger partial charge in [0, 0.05) is 0 Å². The Labute approximate surface area is 134 Å². The number of rotatable bonds is 11. The summed E-state index contributed by atoms with van der Waals surface area (Å²) in [6, 6.07) is 0. The van der Waals surface area contributed by atoms with E-state index in [2.05, 4.69) is 13.8 Å². The minimum atomic E-state index is -0.417. The van der Waals surface area contributed by atoms with Crippen molar-refractivity contribution in [1.82, 2.24) is 0 Å². The third-order valence-electron chi connectivity index (χ3n) is 2.95. The molecule has 0 fully saturated rings. The number of carbonyl (C=O) groups is 1. The number of thioether (sulfide) groups is 1. The molecule has 0 aliphatic rings. The molecule has 0 aliphatic heterocycles. The summed E-state index contributed by atoms with van der Waals surface area (Å²) in [6.07, 6.45) is 5.82. The number of hydrogen-bond acceptors (Lipinski definition) is 3. The minimum absolute atomic E-state index is 0.0601. The van der Waals surface area contributed by atoms with Gasteiger partial charge >= 0.3 is 5.97 Å². The number of halogens is 1. The van der Waals surface area contributed by atoms with Crippen molar-refractivity contribution in [2.45, 2.75) is 84.0 Å². The number of alkyl halides is 1. The maximum Gasteiger partial charge on any atom is 0.319 e. The highest BCUT2D eigenvalue weighted by Gasteiger charge is 2.26. The van der Waals surface area contributed by atoms with Crippen LogP contribution in [0.3, 0.4) is 0 Å². The van der Waals surface area contributed by atoms with Crippen LogP contribution in [0.1, 0.15) is 73.1 Å². The standard InChI is InChI=1S/C17H33FO2S/c1-14(2)13-15(16(19)20-17(3,4)5)21-12-10-8-6-7-9-11-18/h14-15H,6-13H2,1-5H3. The molecule has 0 aromatic rings. The SMILES string of the molecule is CC(C)CC(SCCCCCCCF)C(=O)OC(C)(C)C. The maximum absolute atomic E-state index is 12.2. The van der Waals surface area contributed by atoms with Crippen LogP contribution in [-0.2, 0) is 9.53 Å². The fraction of sp³-hybridized carbons (Fsp3) is 0.941. The third kappa shape index (κ3) is 13.2. The summed E-state index contributed by atoms with van der Waals surface area (Å²) in [5.41, 5.74) is -0.417. The van der Waals surface area contributed by atoms with Gasteiger partial charge in [-0.05, 0) is 51.7 Å². The number of hydrogen-bond donors (Lipinski definition) is 0. The number of unbranched alkanes of at least 4 members (excludes halogenated alkanes) is 4. The monoisotopic (exact) mass is 320 g/mol. The van der Waals surface area contributed by atoms with E-state index in [-0.39, 0.29) is 17.9 Å². The summed E-state index contributed by atoms with van der Waals surface area (Å²) >= 11 is 1.71. The molecule has 126 valence electrons. The highest BCUT2D eigenvalue weighted by Crippen LogP contribution is 2.24. The Balaban J connectivity index is 4.04. The first-order chi connectivity index (χ1) is 9.76. The molecule has 0 bridgehead atoms. The lowest BCUT2D eigenvalue weighted by Crippen LogP contribution is -2.31. The van der Waals surface area contributed by atoms with E-state index in [1.54, 1.807) is 11.8 Å². The van der Waals surface area contributed by atoms with Crippen LogP contribution in [0.15, 0.2) is 0 Å². The summed E-state index contributed by atoms with van der Waals surface area (Å²) < 4.78 is 17.5. The summed E-state index contributed by atoms with van der Waals surface area (Å²) in [5, 5.41) is -0.0601. The molecule has 1 atom stereocenters. The molecule has 4 heteroatoms. The smallest absolute Gasteiger partial charge is 0.319 e. The zero-order valence-corrected chi connectivity index (χ0v) is 15.2. The molecule has 2 nitrogen and oxygen atoms in total. The predicted molar refractivity (Wildman–Crippen MR) is 90.6 cm³/mol. The molecular formula is C17H33FO2S. The van der Waals surface area contributed by atoms with Crippen LogP contribution in [0, 0.1) is 5.92 Å². The molecular weight excluding hydrogens is 287 g/mol. The van der Waals surface area contributed by atoms with Gasteiger partial charge in [0.2, 0.25) is 0 Å². The normalized spacial score (nSPS) is 13.5. The van der Waals surface area contributed by atoms with Gasteiger partial charge in [-0.15, -0.1) is 11.8 Å². The number of ether oxygens (including phenoxy) is 1. The zero-order chi connectivity index (χ0) is 16.3. The highest BCUT2D eigenvalue weighted by molar-refractivity contribution is 8.00. The van der Waals surface area contributed by atoms with Gasteiger partial charge in [0.1, 0.15) is 10.9 Å². The van der Waals surface area contributed by atoms with E-state index in [1.165, 1.54) is 0 Å². The summed E-state index contributed by atoms with van der Waals surface area (Å²) in [6.45, 7) is 9.79. The lowest BCUT2D eigenvalue weighted by molar-refractivity contribution is -0.154. The lowest BCUT2D eigenvalue weighted by Gasteiger charge is -2.24. The molecule has 0 aliphatic carbocycles. The second-order valence-corrected chi connectivity index (χ2v) is 8.29. The van der Waals surface area contributed by atoms with Crippen molar-refractivity contribution in [2.75, 3.05) is 12.4 Å². The van der Waals surface area contributed by atoms with Gasteiger partial charge in [-0.2, -0.15) is 0 Å². The topological polar surface area (TPSA) is 26.3 Å². The van der Waals surface area contributed by atoms with Gasteiger partial charge in [0.15, 0.2) is 0 Å². The molecule has 21 heavy (non-hydrogen) atoms. The molecule has 0 N–H and O–H groups in total. The fourth-order valence-corrected chi connectivity index (χ4v) is 3.34. The second-order valence-electron chi connectivity index (χ2n) is 6.98. The number of esters is 1. The molecule has 0 aromatic carbocycles. The van der Waals surface area contributed by atoms with E-state index in [0.29, 0.717) is 12.3 Å². The Bertz CT molecular complexity index is 274. The summed E-state index contributed by atoms with van der Waals surface area (Å²) in [5.74, 6) is 1.38. The quantitative estimate of drug-likeness (QED) is 0.377. The summed E-state index contributed by atoms with van der Waals surface area (Å²) in [7, 11) is 0. The van der Waals surface area contributed by atoms with Crippen molar-refractivity contribution in [3.63, 3.8) is 0 Å². The molecule has 0 spiro atoms. The van der Waals surface area contributed by atoms with Gasteiger partial charge in [-0.25, -0.2) is 0 Å². The molecule has 0 saturated carbocycles. The molecule has 0 aromatic heterocycles.